The maximum atomic E-state index is 5.45. The third-order valence-corrected chi connectivity index (χ3v) is 5.74. The van der Waals surface area contributed by atoms with Crippen molar-refractivity contribution in [3.63, 3.8) is 0 Å². The number of unbranched alkanes of at least 4 members (excludes halogenated alkanes) is 16. The van der Waals surface area contributed by atoms with Crippen LogP contribution in [0.4, 0.5) is 0 Å². The van der Waals surface area contributed by atoms with Crippen LogP contribution in [0.25, 0.3) is 0 Å². The molecule has 0 heterocycles. The van der Waals surface area contributed by atoms with E-state index >= 15 is 0 Å². The maximum Gasteiger partial charge on any atom is 0.00745 e. The molecule has 0 saturated heterocycles. The Labute approximate surface area is 156 Å². The first-order chi connectivity index (χ1) is 11.9. The molecule has 0 aliphatic rings. The van der Waals surface area contributed by atoms with Gasteiger partial charge in [-0.1, -0.05) is 109 Å². The normalized spacial score (nSPS) is 11.4. The summed E-state index contributed by atoms with van der Waals surface area (Å²) in [5.41, 5.74) is 5.45. The van der Waals surface area contributed by atoms with E-state index < -0.39 is 0 Å². The first-order valence-electron chi connectivity index (χ1n) is 11.3. The standard InChI is InChI=1S/C21H48N2Si/c22-18-20-23-19-16-14-12-10-8-6-4-2-1-3-5-7-9-11-13-15-17-21-24/h23H,1-22H2,24H3. The van der Waals surface area contributed by atoms with E-state index in [2.05, 4.69) is 5.32 Å². The van der Waals surface area contributed by atoms with E-state index in [1.54, 1.807) is 0 Å². The van der Waals surface area contributed by atoms with Gasteiger partial charge in [-0.05, 0) is 13.0 Å². The lowest BCUT2D eigenvalue weighted by Gasteiger charge is -2.04. The number of rotatable bonds is 21. The highest BCUT2D eigenvalue weighted by Gasteiger charge is 1.95. The Kier molecular flexibility index (Phi) is 23.3. The van der Waals surface area contributed by atoms with Crippen molar-refractivity contribution in [3.05, 3.63) is 0 Å². The van der Waals surface area contributed by atoms with E-state index in [4.69, 9.17) is 5.73 Å². The van der Waals surface area contributed by atoms with Gasteiger partial charge in [-0.2, -0.15) is 0 Å². The van der Waals surface area contributed by atoms with Crippen LogP contribution in [0, 0.1) is 0 Å². The molecular weight excluding hydrogens is 308 g/mol. The molecule has 0 spiro atoms. The Morgan fingerprint density at radius 2 is 0.792 bits per heavy atom. The number of nitrogens with two attached hydrogens (primary N) is 1. The molecule has 0 fully saturated rings. The molecule has 3 heteroatoms. The van der Waals surface area contributed by atoms with E-state index in [1.807, 2.05) is 0 Å². The van der Waals surface area contributed by atoms with Crippen molar-refractivity contribution in [1.82, 2.24) is 5.32 Å². The molecule has 0 aliphatic carbocycles. The molecule has 0 atom stereocenters. The van der Waals surface area contributed by atoms with Gasteiger partial charge in [-0.3, -0.25) is 0 Å². The molecule has 0 aliphatic heterocycles. The topological polar surface area (TPSA) is 38.0 Å². The molecule has 0 saturated carbocycles. The fourth-order valence-electron chi connectivity index (χ4n) is 3.38. The van der Waals surface area contributed by atoms with Crippen molar-refractivity contribution in [2.24, 2.45) is 5.73 Å². The summed E-state index contributed by atoms with van der Waals surface area (Å²) in [6, 6.07) is 1.51. The number of hydrogen-bond acceptors (Lipinski definition) is 2. The Morgan fingerprint density at radius 1 is 0.458 bits per heavy atom. The molecule has 146 valence electrons. The molecule has 2 nitrogen and oxygen atoms in total. The molecule has 0 bridgehead atoms. The molecular formula is C21H48N2Si. The van der Waals surface area contributed by atoms with Gasteiger partial charge in [0.2, 0.25) is 0 Å². The van der Waals surface area contributed by atoms with Gasteiger partial charge in [0, 0.05) is 23.3 Å². The van der Waals surface area contributed by atoms with Crippen LogP contribution in [0.5, 0.6) is 0 Å². The van der Waals surface area contributed by atoms with E-state index in [9.17, 15) is 0 Å². The van der Waals surface area contributed by atoms with Crippen molar-refractivity contribution in [2.75, 3.05) is 19.6 Å². The summed E-state index contributed by atoms with van der Waals surface area (Å²) in [6.07, 6.45) is 24.8. The maximum absolute atomic E-state index is 5.45. The van der Waals surface area contributed by atoms with Crippen LogP contribution in [0.2, 0.25) is 6.04 Å². The summed E-state index contributed by atoms with van der Waals surface area (Å²) in [5, 5.41) is 3.37. The summed E-state index contributed by atoms with van der Waals surface area (Å²) in [7, 11) is 1.40. The van der Waals surface area contributed by atoms with Crippen LogP contribution >= 0.6 is 0 Å². The van der Waals surface area contributed by atoms with Gasteiger partial charge in [-0.25, -0.2) is 0 Å². The SMILES string of the molecule is NCCNCCCCCCCCCCCCCCCCCCC[SiH3]. The second-order valence-electron chi connectivity index (χ2n) is 7.55. The Balaban J connectivity index is 2.93. The van der Waals surface area contributed by atoms with Crippen LogP contribution in [0.15, 0.2) is 0 Å². The van der Waals surface area contributed by atoms with Crippen LogP contribution in [0.3, 0.4) is 0 Å². The summed E-state index contributed by atoms with van der Waals surface area (Å²) < 4.78 is 0. The lowest BCUT2D eigenvalue weighted by Crippen LogP contribution is -2.23. The molecule has 0 unspecified atom stereocenters. The molecule has 0 aromatic carbocycles. The Hall–Kier alpha value is 0.137. The quantitative estimate of drug-likeness (QED) is 0.225. The van der Waals surface area contributed by atoms with Crippen molar-refractivity contribution >= 4 is 10.2 Å². The molecule has 0 rings (SSSR count). The molecule has 0 aromatic heterocycles. The number of hydrogen-bond donors (Lipinski definition) is 2. The second kappa shape index (κ2) is 23.1. The first kappa shape index (κ1) is 24.1. The minimum Gasteiger partial charge on any atom is -0.329 e. The Morgan fingerprint density at radius 3 is 1.12 bits per heavy atom. The van der Waals surface area contributed by atoms with Crippen molar-refractivity contribution in [2.45, 2.75) is 115 Å². The van der Waals surface area contributed by atoms with Crippen molar-refractivity contribution < 1.29 is 0 Å². The van der Waals surface area contributed by atoms with Crippen molar-refractivity contribution in [1.29, 1.82) is 0 Å². The zero-order valence-electron chi connectivity index (χ0n) is 16.9. The molecule has 0 radical (unpaired) electrons. The van der Waals surface area contributed by atoms with E-state index in [1.165, 1.54) is 125 Å². The van der Waals surface area contributed by atoms with Gasteiger partial charge in [0.05, 0.1) is 0 Å². The minimum absolute atomic E-state index is 0.764. The van der Waals surface area contributed by atoms with Gasteiger partial charge >= 0.3 is 0 Å². The summed E-state index contributed by atoms with van der Waals surface area (Å²) in [5.74, 6) is 0. The first-order valence-corrected chi connectivity index (χ1v) is 12.7. The fourth-order valence-corrected chi connectivity index (χ4v) is 3.88. The predicted octanol–water partition coefficient (Wildman–Crippen LogP) is 4.95. The van der Waals surface area contributed by atoms with Crippen LogP contribution < -0.4 is 11.1 Å². The lowest BCUT2D eigenvalue weighted by atomic mass is 10.0. The monoisotopic (exact) mass is 356 g/mol. The fraction of sp³-hybridized carbons (Fsp3) is 1.00. The highest BCUT2D eigenvalue weighted by molar-refractivity contribution is 6.08. The average Bonchev–Trinajstić information content (AvgIpc) is 2.60. The van der Waals surface area contributed by atoms with E-state index in [-0.39, 0.29) is 0 Å². The largest absolute Gasteiger partial charge is 0.329 e. The van der Waals surface area contributed by atoms with Crippen LogP contribution in [-0.2, 0) is 0 Å². The molecule has 3 N–H and O–H groups in total. The third-order valence-electron chi connectivity index (χ3n) is 5.03. The van der Waals surface area contributed by atoms with Crippen molar-refractivity contribution in [3.8, 4) is 0 Å². The second-order valence-corrected chi connectivity index (χ2v) is 8.55. The smallest absolute Gasteiger partial charge is 0.00745 e. The summed E-state index contributed by atoms with van der Waals surface area (Å²) in [4.78, 5) is 0. The minimum atomic E-state index is 0.764. The summed E-state index contributed by atoms with van der Waals surface area (Å²) in [6.45, 7) is 2.89. The predicted molar refractivity (Wildman–Crippen MR) is 115 cm³/mol. The molecule has 24 heavy (non-hydrogen) atoms. The lowest BCUT2D eigenvalue weighted by molar-refractivity contribution is 0.524. The van der Waals surface area contributed by atoms with Gasteiger partial charge in [-0.15, -0.1) is 0 Å². The molecule has 0 aromatic rings. The zero-order valence-corrected chi connectivity index (χ0v) is 18.9. The van der Waals surface area contributed by atoms with Gasteiger partial charge in [0.15, 0.2) is 0 Å². The van der Waals surface area contributed by atoms with E-state index in [0.717, 1.165) is 19.6 Å². The van der Waals surface area contributed by atoms with Gasteiger partial charge < -0.3 is 11.1 Å². The van der Waals surface area contributed by atoms with Gasteiger partial charge in [0.25, 0.3) is 0 Å². The van der Waals surface area contributed by atoms with Gasteiger partial charge in [0.1, 0.15) is 0 Å². The molecule has 0 amide bonds. The average molecular weight is 357 g/mol. The zero-order chi connectivity index (χ0) is 17.6. The highest BCUT2D eigenvalue weighted by Crippen LogP contribution is 2.14. The third kappa shape index (κ3) is 22.1. The number of nitrogens with one attached hydrogen (secondary N) is 1. The van der Waals surface area contributed by atoms with E-state index in [0.29, 0.717) is 0 Å². The summed E-state index contributed by atoms with van der Waals surface area (Å²) >= 11 is 0. The highest BCUT2D eigenvalue weighted by atomic mass is 28.1. The Bertz CT molecular complexity index is 190. The van der Waals surface area contributed by atoms with Crippen LogP contribution in [0.1, 0.15) is 109 Å². The van der Waals surface area contributed by atoms with Crippen LogP contribution in [-0.4, -0.2) is 29.9 Å².